The molecule has 0 aliphatic rings. The third kappa shape index (κ3) is 2.97. The van der Waals surface area contributed by atoms with Gasteiger partial charge >= 0.3 is 0 Å². The quantitative estimate of drug-likeness (QED) is 0.729. The van der Waals surface area contributed by atoms with Crippen molar-refractivity contribution in [3.63, 3.8) is 0 Å². The maximum atomic E-state index is 5.82. The van der Waals surface area contributed by atoms with E-state index < -0.39 is 9.76 Å². The SMILES string of the molecule is [CH2]c1ccccc1O[SiH2]Cc1ccccc1. The van der Waals surface area contributed by atoms with E-state index in [1.54, 1.807) is 0 Å². The fourth-order valence-electron chi connectivity index (χ4n) is 1.57. The molecule has 0 atom stereocenters. The highest BCUT2D eigenvalue weighted by Gasteiger charge is 1.98. The second-order valence-corrected chi connectivity index (χ2v) is 4.89. The van der Waals surface area contributed by atoms with Crippen molar-refractivity contribution in [2.24, 2.45) is 0 Å². The van der Waals surface area contributed by atoms with Gasteiger partial charge in [-0.05, 0) is 30.2 Å². The lowest BCUT2D eigenvalue weighted by Crippen LogP contribution is -2.06. The summed E-state index contributed by atoms with van der Waals surface area (Å²) in [5, 5.41) is 0. The molecule has 0 unspecified atom stereocenters. The number of benzene rings is 2. The lowest BCUT2D eigenvalue weighted by atomic mass is 10.2. The fraction of sp³-hybridized carbons (Fsp3) is 0.0714. The molecule has 2 aromatic carbocycles. The van der Waals surface area contributed by atoms with Gasteiger partial charge in [-0.2, -0.15) is 0 Å². The first-order chi connectivity index (χ1) is 7.86. The minimum absolute atomic E-state index is 0.547. The van der Waals surface area contributed by atoms with E-state index in [2.05, 4.69) is 31.2 Å². The Bertz CT molecular complexity index is 439. The molecule has 0 fully saturated rings. The van der Waals surface area contributed by atoms with Gasteiger partial charge in [-0.25, -0.2) is 0 Å². The summed E-state index contributed by atoms with van der Waals surface area (Å²) in [7, 11) is -0.547. The Hall–Kier alpha value is -1.54. The Morgan fingerprint density at radius 1 is 0.938 bits per heavy atom. The van der Waals surface area contributed by atoms with Crippen molar-refractivity contribution in [3.05, 3.63) is 72.6 Å². The van der Waals surface area contributed by atoms with Crippen molar-refractivity contribution < 1.29 is 4.43 Å². The van der Waals surface area contributed by atoms with E-state index >= 15 is 0 Å². The fourth-order valence-corrected chi connectivity index (χ4v) is 2.74. The van der Waals surface area contributed by atoms with Gasteiger partial charge in [0.1, 0.15) is 5.75 Å². The van der Waals surface area contributed by atoms with E-state index in [0.29, 0.717) is 0 Å². The van der Waals surface area contributed by atoms with Gasteiger partial charge in [0.05, 0.1) is 0 Å². The van der Waals surface area contributed by atoms with Crippen molar-refractivity contribution in [1.29, 1.82) is 0 Å². The third-order valence-corrected chi connectivity index (χ3v) is 3.76. The maximum Gasteiger partial charge on any atom is 0.223 e. The van der Waals surface area contributed by atoms with Gasteiger partial charge < -0.3 is 4.43 Å². The summed E-state index contributed by atoms with van der Waals surface area (Å²) in [6.07, 6.45) is 0. The van der Waals surface area contributed by atoms with Gasteiger partial charge in [-0.15, -0.1) is 0 Å². The molecule has 0 bridgehead atoms. The molecule has 0 aromatic heterocycles. The van der Waals surface area contributed by atoms with Crippen LogP contribution in [0, 0.1) is 6.92 Å². The first-order valence-corrected chi connectivity index (χ1v) is 7.02. The third-order valence-electron chi connectivity index (χ3n) is 2.46. The zero-order valence-corrected chi connectivity index (χ0v) is 10.6. The Morgan fingerprint density at radius 2 is 1.62 bits per heavy atom. The molecule has 16 heavy (non-hydrogen) atoms. The molecule has 0 aliphatic carbocycles. The molecule has 81 valence electrons. The van der Waals surface area contributed by atoms with E-state index in [0.717, 1.165) is 17.4 Å². The molecule has 0 aliphatic heterocycles. The van der Waals surface area contributed by atoms with Crippen molar-refractivity contribution in [3.8, 4) is 5.75 Å². The van der Waals surface area contributed by atoms with Crippen LogP contribution in [0.15, 0.2) is 54.6 Å². The van der Waals surface area contributed by atoms with Crippen LogP contribution in [0.1, 0.15) is 11.1 Å². The predicted octanol–water partition coefficient (Wildman–Crippen LogP) is 2.53. The van der Waals surface area contributed by atoms with Crippen LogP contribution < -0.4 is 4.43 Å². The highest BCUT2D eigenvalue weighted by Crippen LogP contribution is 2.15. The zero-order valence-electron chi connectivity index (χ0n) is 9.23. The number of para-hydroxylation sites is 1. The lowest BCUT2D eigenvalue weighted by molar-refractivity contribution is 0.589. The van der Waals surface area contributed by atoms with Gasteiger partial charge in [-0.3, -0.25) is 0 Å². The molecule has 0 heterocycles. The monoisotopic (exact) mass is 227 g/mol. The predicted molar refractivity (Wildman–Crippen MR) is 70.2 cm³/mol. The van der Waals surface area contributed by atoms with E-state index in [4.69, 9.17) is 4.43 Å². The second kappa shape index (κ2) is 5.52. The molecule has 0 spiro atoms. The lowest BCUT2D eigenvalue weighted by Gasteiger charge is -2.08. The Balaban J connectivity index is 1.87. The van der Waals surface area contributed by atoms with Crippen LogP contribution in [0.3, 0.4) is 0 Å². The molecule has 0 saturated carbocycles. The van der Waals surface area contributed by atoms with Gasteiger partial charge in [0.15, 0.2) is 0 Å². The molecule has 2 rings (SSSR count). The van der Waals surface area contributed by atoms with Gasteiger partial charge in [-0.1, -0.05) is 48.5 Å². The second-order valence-electron chi connectivity index (χ2n) is 3.69. The van der Waals surface area contributed by atoms with Crippen LogP contribution in [-0.4, -0.2) is 9.76 Å². The first kappa shape index (κ1) is 11.0. The molecule has 1 nitrogen and oxygen atoms in total. The smallest absolute Gasteiger partial charge is 0.223 e. The molecular weight excluding hydrogens is 212 g/mol. The Labute approximate surface area is 99.0 Å². The van der Waals surface area contributed by atoms with Crippen molar-refractivity contribution in [1.82, 2.24) is 0 Å². The van der Waals surface area contributed by atoms with E-state index in [-0.39, 0.29) is 0 Å². The summed E-state index contributed by atoms with van der Waals surface area (Å²) >= 11 is 0. The van der Waals surface area contributed by atoms with Crippen molar-refractivity contribution in [2.45, 2.75) is 6.04 Å². The standard InChI is InChI=1S/C14H15OSi/c1-12-7-5-6-10-14(12)15-16-11-13-8-3-2-4-9-13/h2-10H,1,11,16H2. The molecule has 2 aromatic rings. The van der Waals surface area contributed by atoms with Crippen molar-refractivity contribution in [2.75, 3.05) is 0 Å². The summed E-state index contributed by atoms with van der Waals surface area (Å²) in [6, 6.07) is 19.5. The largest absolute Gasteiger partial charge is 0.549 e. The van der Waals surface area contributed by atoms with E-state index in [9.17, 15) is 0 Å². The van der Waals surface area contributed by atoms with Crippen LogP contribution in [0.5, 0.6) is 5.75 Å². The van der Waals surface area contributed by atoms with Crippen molar-refractivity contribution >= 4 is 9.76 Å². The van der Waals surface area contributed by atoms with Crippen LogP contribution >= 0.6 is 0 Å². The molecule has 1 radical (unpaired) electrons. The molecule has 0 N–H and O–H groups in total. The van der Waals surface area contributed by atoms with E-state index in [1.165, 1.54) is 5.56 Å². The minimum atomic E-state index is -0.547. The zero-order chi connectivity index (χ0) is 11.2. The van der Waals surface area contributed by atoms with Crippen LogP contribution in [0.2, 0.25) is 0 Å². The first-order valence-electron chi connectivity index (χ1n) is 5.44. The summed E-state index contributed by atoms with van der Waals surface area (Å²) in [6.45, 7) is 3.94. The summed E-state index contributed by atoms with van der Waals surface area (Å²) in [5.74, 6) is 0.935. The van der Waals surface area contributed by atoms with Gasteiger partial charge in [0.2, 0.25) is 9.76 Å². The normalized spacial score (nSPS) is 10.8. The summed E-state index contributed by atoms with van der Waals surface area (Å²) < 4.78 is 5.82. The number of rotatable bonds is 4. The highest BCUT2D eigenvalue weighted by molar-refractivity contribution is 6.27. The average molecular weight is 227 g/mol. The van der Waals surface area contributed by atoms with Crippen LogP contribution in [-0.2, 0) is 6.04 Å². The van der Waals surface area contributed by atoms with Crippen LogP contribution in [0.25, 0.3) is 0 Å². The summed E-state index contributed by atoms with van der Waals surface area (Å²) in [4.78, 5) is 0. The van der Waals surface area contributed by atoms with Gasteiger partial charge in [0, 0.05) is 0 Å². The maximum absolute atomic E-state index is 5.82. The molecule has 0 saturated heterocycles. The Morgan fingerprint density at radius 3 is 2.38 bits per heavy atom. The number of hydrogen-bond acceptors (Lipinski definition) is 1. The summed E-state index contributed by atoms with van der Waals surface area (Å²) in [5.41, 5.74) is 2.33. The molecular formula is C14H15OSi. The highest BCUT2D eigenvalue weighted by atomic mass is 28.2. The Kier molecular flexibility index (Phi) is 3.78. The molecule has 2 heteroatoms. The average Bonchev–Trinajstić information content (AvgIpc) is 2.33. The minimum Gasteiger partial charge on any atom is -0.549 e. The number of hydrogen-bond donors (Lipinski definition) is 0. The van der Waals surface area contributed by atoms with Gasteiger partial charge in [0.25, 0.3) is 0 Å². The topological polar surface area (TPSA) is 9.23 Å². The van der Waals surface area contributed by atoms with E-state index in [1.807, 2.05) is 30.3 Å². The molecule has 0 amide bonds. The van der Waals surface area contributed by atoms with Crippen LogP contribution in [0.4, 0.5) is 0 Å².